The summed E-state index contributed by atoms with van der Waals surface area (Å²) in [5, 5.41) is 0. The van der Waals surface area contributed by atoms with Gasteiger partial charge in [0, 0.05) is 46.0 Å². The van der Waals surface area contributed by atoms with Crippen LogP contribution in [-0.2, 0) is 31.2 Å². The Morgan fingerprint density at radius 2 is 1.70 bits per heavy atom. The standard InChI is InChI=1S/C14H19NO5/c1-17-13(18-2)8-9-6-5-7-10(12(15)16)11(9)14(13,19-3)20-4/h5-7H,8H2,1-4H3,(H2,15,16). The number of rotatable bonds is 5. The van der Waals surface area contributed by atoms with E-state index in [1.165, 1.54) is 28.4 Å². The van der Waals surface area contributed by atoms with Gasteiger partial charge in [-0.15, -0.1) is 0 Å². The van der Waals surface area contributed by atoms with Gasteiger partial charge in [-0.1, -0.05) is 12.1 Å². The summed E-state index contributed by atoms with van der Waals surface area (Å²) in [4.78, 5) is 11.7. The number of benzene rings is 1. The molecule has 0 spiro atoms. The summed E-state index contributed by atoms with van der Waals surface area (Å²) in [5.74, 6) is -3.08. The molecule has 0 aliphatic heterocycles. The molecule has 2 N–H and O–H groups in total. The van der Waals surface area contributed by atoms with Crippen molar-refractivity contribution in [2.45, 2.75) is 18.0 Å². The highest BCUT2D eigenvalue weighted by atomic mass is 16.8. The molecule has 0 aromatic heterocycles. The Balaban J connectivity index is 2.77. The van der Waals surface area contributed by atoms with E-state index in [1.54, 1.807) is 12.1 Å². The summed E-state index contributed by atoms with van der Waals surface area (Å²) in [7, 11) is 5.96. The number of ether oxygens (including phenoxy) is 4. The first-order valence-electron chi connectivity index (χ1n) is 6.14. The highest BCUT2D eigenvalue weighted by Gasteiger charge is 2.62. The molecule has 2 rings (SSSR count). The van der Waals surface area contributed by atoms with E-state index in [-0.39, 0.29) is 0 Å². The fourth-order valence-corrected chi connectivity index (χ4v) is 2.99. The van der Waals surface area contributed by atoms with E-state index in [9.17, 15) is 4.79 Å². The lowest BCUT2D eigenvalue weighted by atomic mass is 9.98. The Bertz CT molecular complexity index is 520. The second-order valence-corrected chi connectivity index (χ2v) is 4.57. The van der Waals surface area contributed by atoms with Gasteiger partial charge in [-0.05, 0) is 11.6 Å². The minimum absolute atomic E-state index is 0.335. The predicted octanol–water partition coefficient (Wildman–Crippen LogP) is 0.776. The van der Waals surface area contributed by atoms with Crippen LogP contribution in [0.5, 0.6) is 0 Å². The maximum atomic E-state index is 11.7. The molecule has 0 heterocycles. The second kappa shape index (κ2) is 5.14. The number of primary amides is 1. The topological polar surface area (TPSA) is 80.0 Å². The monoisotopic (exact) mass is 281 g/mol. The van der Waals surface area contributed by atoms with Crippen molar-refractivity contribution in [3.8, 4) is 0 Å². The number of hydrogen-bond donors (Lipinski definition) is 1. The molecule has 0 unspecified atom stereocenters. The fourth-order valence-electron chi connectivity index (χ4n) is 2.99. The molecular weight excluding hydrogens is 262 g/mol. The zero-order chi connectivity index (χ0) is 15.0. The van der Waals surface area contributed by atoms with Crippen molar-refractivity contribution in [2.24, 2.45) is 5.73 Å². The van der Waals surface area contributed by atoms with Crippen LogP contribution in [-0.4, -0.2) is 40.1 Å². The Kier molecular flexibility index (Phi) is 3.84. The van der Waals surface area contributed by atoms with E-state index in [0.717, 1.165) is 5.56 Å². The zero-order valence-electron chi connectivity index (χ0n) is 12.1. The van der Waals surface area contributed by atoms with Crippen molar-refractivity contribution in [3.63, 3.8) is 0 Å². The van der Waals surface area contributed by atoms with Crippen molar-refractivity contribution in [2.75, 3.05) is 28.4 Å². The number of fused-ring (bicyclic) bond motifs is 1. The van der Waals surface area contributed by atoms with Gasteiger partial charge >= 0.3 is 0 Å². The third kappa shape index (κ3) is 1.69. The van der Waals surface area contributed by atoms with Gasteiger partial charge in [0.05, 0.1) is 0 Å². The summed E-state index contributed by atoms with van der Waals surface area (Å²) < 4.78 is 22.2. The van der Waals surface area contributed by atoms with Gasteiger partial charge in [0.2, 0.25) is 11.7 Å². The third-order valence-corrected chi connectivity index (χ3v) is 3.90. The van der Waals surface area contributed by atoms with Gasteiger partial charge < -0.3 is 24.7 Å². The molecule has 1 aliphatic carbocycles. The summed E-state index contributed by atoms with van der Waals surface area (Å²) in [5.41, 5.74) is 7.19. The average molecular weight is 281 g/mol. The van der Waals surface area contributed by atoms with Crippen LogP contribution in [0.4, 0.5) is 0 Å². The first-order valence-corrected chi connectivity index (χ1v) is 6.14. The molecule has 0 radical (unpaired) electrons. The lowest BCUT2D eigenvalue weighted by Crippen LogP contribution is -2.54. The fraction of sp³-hybridized carbons (Fsp3) is 0.500. The summed E-state index contributed by atoms with van der Waals surface area (Å²) in [6.07, 6.45) is 0.387. The quantitative estimate of drug-likeness (QED) is 0.807. The first kappa shape index (κ1) is 14.9. The molecule has 1 amide bonds. The van der Waals surface area contributed by atoms with E-state index < -0.39 is 17.5 Å². The van der Waals surface area contributed by atoms with E-state index in [0.29, 0.717) is 17.5 Å². The van der Waals surface area contributed by atoms with Crippen LogP contribution >= 0.6 is 0 Å². The van der Waals surface area contributed by atoms with Crippen molar-refractivity contribution in [3.05, 3.63) is 34.9 Å². The van der Waals surface area contributed by atoms with Crippen LogP contribution in [0.2, 0.25) is 0 Å². The molecule has 110 valence electrons. The Labute approximate surface area is 117 Å². The van der Waals surface area contributed by atoms with Crippen molar-refractivity contribution in [1.29, 1.82) is 0 Å². The SMILES string of the molecule is COC1(OC)Cc2cccc(C(N)=O)c2C1(OC)OC. The average Bonchev–Trinajstić information content (AvgIpc) is 2.77. The minimum atomic E-state index is -1.35. The van der Waals surface area contributed by atoms with Crippen molar-refractivity contribution < 1.29 is 23.7 Å². The molecule has 0 saturated heterocycles. The van der Waals surface area contributed by atoms with Crippen LogP contribution in [0, 0.1) is 0 Å². The molecule has 1 aliphatic rings. The van der Waals surface area contributed by atoms with E-state index in [4.69, 9.17) is 24.7 Å². The molecule has 6 nitrogen and oxygen atoms in total. The Morgan fingerprint density at radius 3 is 2.15 bits per heavy atom. The number of hydrogen-bond acceptors (Lipinski definition) is 5. The molecular formula is C14H19NO5. The van der Waals surface area contributed by atoms with Gasteiger partial charge in [0.25, 0.3) is 5.79 Å². The highest BCUT2D eigenvalue weighted by molar-refractivity contribution is 5.95. The smallest absolute Gasteiger partial charge is 0.252 e. The molecule has 0 atom stereocenters. The molecule has 0 bridgehead atoms. The summed E-state index contributed by atoms with van der Waals surface area (Å²) in [6, 6.07) is 5.26. The van der Waals surface area contributed by atoms with Gasteiger partial charge in [0.1, 0.15) is 0 Å². The minimum Gasteiger partial charge on any atom is -0.366 e. The zero-order valence-corrected chi connectivity index (χ0v) is 12.1. The highest BCUT2D eigenvalue weighted by Crippen LogP contribution is 2.50. The molecule has 6 heteroatoms. The van der Waals surface area contributed by atoms with Crippen molar-refractivity contribution in [1.82, 2.24) is 0 Å². The number of carbonyl (C=O) groups excluding carboxylic acids is 1. The van der Waals surface area contributed by atoms with E-state index in [1.807, 2.05) is 6.07 Å². The van der Waals surface area contributed by atoms with Gasteiger partial charge in [0.15, 0.2) is 0 Å². The first-order chi connectivity index (χ1) is 9.51. The Hall–Kier alpha value is -1.47. The van der Waals surface area contributed by atoms with Crippen LogP contribution in [0.1, 0.15) is 21.5 Å². The molecule has 0 fully saturated rings. The maximum absolute atomic E-state index is 11.7. The lowest BCUT2D eigenvalue weighted by molar-refractivity contribution is -0.388. The maximum Gasteiger partial charge on any atom is 0.252 e. The summed E-state index contributed by atoms with van der Waals surface area (Å²) in [6.45, 7) is 0. The van der Waals surface area contributed by atoms with Gasteiger partial charge in [-0.25, -0.2) is 0 Å². The lowest BCUT2D eigenvalue weighted by Gasteiger charge is -2.41. The predicted molar refractivity (Wildman–Crippen MR) is 71.1 cm³/mol. The van der Waals surface area contributed by atoms with Gasteiger partial charge in [-0.2, -0.15) is 0 Å². The number of carbonyl (C=O) groups is 1. The molecule has 0 saturated carbocycles. The van der Waals surface area contributed by atoms with Crippen molar-refractivity contribution >= 4 is 5.91 Å². The largest absolute Gasteiger partial charge is 0.366 e. The number of methoxy groups -OCH3 is 4. The molecule has 1 aromatic rings. The van der Waals surface area contributed by atoms with E-state index >= 15 is 0 Å². The van der Waals surface area contributed by atoms with Crippen LogP contribution in [0.15, 0.2) is 18.2 Å². The van der Waals surface area contributed by atoms with Crippen LogP contribution < -0.4 is 5.73 Å². The Morgan fingerprint density at radius 1 is 1.10 bits per heavy atom. The van der Waals surface area contributed by atoms with Crippen LogP contribution in [0.25, 0.3) is 0 Å². The van der Waals surface area contributed by atoms with Crippen LogP contribution in [0.3, 0.4) is 0 Å². The second-order valence-electron chi connectivity index (χ2n) is 4.57. The van der Waals surface area contributed by atoms with E-state index in [2.05, 4.69) is 0 Å². The molecule has 1 aromatic carbocycles. The number of nitrogens with two attached hydrogens (primary N) is 1. The third-order valence-electron chi connectivity index (χ3n) is 3.90. The molecule has 20 heavy (non-hydrogen) atoms. The number of amides is 1. The van der Waals surface area contributed by atoms with Gasteiger partial charge in [-0.3, -0.25) is 4.79 Å². The summed E-state index contributed by atoms with van der Waals surface area (Å²) >= 11 is 0. The normalized spacial score (nSPS) is 18.8.